The summed E-state index contributed by atoms with van der Waals surface area (Å²) in [4.78, 5) is 10.9. The number of H-pyrrole nitrogens is 1. The third kappa shape index (κ3) is 1.57. The monoisotopic (exact) mass is 185 g/mol. The third-order valence-electron chi connectivity index (χ3n) is 2.00. The average Bonchev–Trinajstić information content (AvgIpc) is 2.71. The van der Waals surface area contributed by atoms with Gasteiger partial charge in [0.25, 0.3) is 0 Å². The zero-order valence-corrected chi connectivity index (χ0v) is 7.32. The van der Waals surface area contributed by atoms with Gasteiger partial charge in [-0.15, -0.1) is 5.10 Å². The zero-order chi connectivity index (χ0) is 9.26. The summed E-state index contributed by atoms with van der Waals surface area (Å²) >= 11 is 0. The van der Waals surface area contributed by atoms with Gasteiger partial charge in [-0.2, -0.15) is 0 Å². The highest BCUT2D eigenvalue weighted by molar-refractivity contribution is 4.92. The standard InChI is InChI=1S/C7H11N3O3/c1-10-6(11)8-9-7(10)13-5-2-3-12-4-5/h5H,2-4H2,1H3,(H,8,11). The Morgan fingerprint density at radius 2 is 2.62 bits per heavy atom. The summed E-state index contributed by atoms with van der Waals surface area (Å²) in [5.74, 6) is 0. The van der Waals surface area contributed by atoms with Crippen molar-refractivity contribution in [2.24, 2.45) is 7.05 Å². The van der Waals surface area contributed by atoms with Crippen molar-refractivity contribution >= 4 is 0 Å². The second-order valence-electron chi connectivity index (χ2n) is 2.97. The number of nitrogens with zero attached hydrogens (tertiary/aromatic N) is 2. The second-order valence-corrected chi connectivity index (χ2v) is 2.97. The third-order valence-corrected chi connectivity index (χ3v) is 2.00. The molecule has 1 aliphatic heterocycles. The largest absolute Gasteiger partial charge is 0.458 e. The number of rotatable bonds is 2. The van der Waals surface area contributed by atoms with Gasteiger partial charge in [-0.3, -0.25) is 0 Å². The number of aromatic nitrogens is 3. The Bertz CT molecular complexity index is 337. The molecule has 0 saturated carbocycles. The average molecular weight is 185 g/mol. The number of hydrogen-bond acceptors (Lipinski definition) is 4. The molecular formula is C7H11N3O3. The molecule has 1 atom stereocenters. The minimum atomic E-state index is -0.270. The highest BCUT2D eigenvalue weighted by Crippen LogP contribution is 2.11. The molecule has 6 nitrogen and oxygen atoms in total. The second kappa shape index (κ2) is 3.21. The molecule has 2 rings (SSSR count). The van der Waals surface area contributed by atoms with Crippen LogP contribution in [0.2, 0.25) is 0 Å². The van der Waals surface area contributed by atoms with Crippen LogP contribution in [0.25, 0.3) is 0 Å². The van der Waals surface area contributed by atoms with Crippen LogP contribution in [0.1, 0.15) is 6.42 Å². The lowest BCUT2D eigenvalue weighted by molar-refractivity contribution is 0.131. The van der Waals surface area contributed by atoms with Gasteiger partial charge < -0.3 is 9.47 Å². The SMILES string of the molecule is Cn1c(OC2CCOC2)n[nH]c1=O. The molecule has 1 aromatic rings. The van der Waals surface area contributed by atoms with Crippen molar-refractivity contribution in [3.8, 4) is 6.01 Å². The maximum atomic E-state index is 10.9. The summed E-state index contributed by atoms with van der Waals surface area (Å²) < 4.78 is 11.9. The molecule has 0 radical (unpaired) electrons. The Labute approximate surface area is 74.5 Å². The molecule has 1 aromatic heterocycles. The summed E-state index contributed by atoms with van der Waals surface area (Å²) in [7, 11) is 1.61. The van der Waals surface area contributed by atoms with Crippen molar-refractivity contribution in [2.45, 2.75) is 12.5 Å². The van der Waals surface area contributed by atoms with Crippen LogP contribution in [0.15, 0.2) is 4.79 Å². The van der Waals surface area contributed by atoms with E-state index in [1.54, 1.807) is 7.05 Å². The van der Waals surface area contributed by atoms with Crippen molar-refractivity contribution in [3.05, 3.63) is 10.5 Å². The summed E-state index contributed by atoms with van der Waals surface area (Å²) in [6, 6.07) is 0.320. The van der Waals surface area contributed by atoms with Crippen LogP contribution in [-0.4, -0.2) is 34.1 Å². The first-order chi connectivity index (χ1) is 6.27. The van der Waals surface area contributed by atoms with Crippen LogP contribution < -0.4 is 10.4 Å². The minimum Gasteiger partial charge on any atom is -0.458 e. The molecule has 0 aliphatic carbocycles. The van der Waals surface area contributed by atoms with Gasteiger partial charge in [0.2, 0.25) is 0 Å². The topological polar surface area (TPSA) is 69.1 Å². The summed E-state index contributed by atoms with van der Waals surface area (Å²) in [5.41, 5.74) is -0.270. The number of hydrogen-bond donors (Lipinski definition) is 1. The summed E-state index contributed by atoms with van der Waals surface area (Å²) in [5, 5.41) is 6.03. The molecule has 1 saturated heterocycles. The molecule has 1 fully saturated rings. The molecule has 72 valence electrons. The van der Waals surface area contributed by atoms with Gasteiger partial charge in [-0.05, 0) is 0 Å². The fourth-order valence-electron chi connectivity index (χ4n) is 1.19. The molecule has 1 N–H and O–H groups in total. The predicted molar refractivity (Wildman–Crippen MR) is 43.7 cm³/mol. The Kier molecular flexibility index (Phi) is 2.05. The molecule has 13 heavy (non-hydrogen) atoms. The first-order valence-electron chi connectivity index (χ1n) is 4.13. The van der Waals surface area contributed by atoms with E-state index in [4.69, 9.17) is 9.47 Å². The lowest BCUT2D eigenvalue weighted by Crippen LogP contribution is -2.20. The van der Waals surface area contributed by atoms with Gasteiger partial charge in [0.1, 0.15) is 6.10 Å². The van der Waals surface area contributed by atoms with Crippen LogP contribution in [0.5, 0.6) is 6.01 Å². The smallest absolute Gasteiger partial charge is 0.345 e. The fourth-order valence-corrected chi connectivity index (χ4v) is 1.19. The quantitative estimate of drug-likeness (QED) is 0.660. The Morgan fingerprint density at radius 3 is 3.15 bits per heavy atom. The molecule has 2 heterocycles. The first kappa shape index (κ1) is 8.31. The highest BCUT2D eigenvalue weighted by atomic mass is 16.6. The Hall–Kier alpha value is -1.30. The van der Waals surface area contributed by atoms with Crippen LogP contribution >= 0.6 is 0 Å². The summed E-state index contributed by atoms with van der Waals surface area (Å²) in [6.07, 6.45) is 0.870. The van der Waals surface area contributed by atoms with Crippen LogP contribution in [-0.2, 0) is 11.8 Å². The molecule has 0 bridgehead atoms. The van der Waals surface area contributed by atoms with E-state index >= 15 is 0 Å². The van der Waals surface area contributed by atoms with Crippen molar-refractivity contribution in [2.75, 3.05) is 13.2 Å². The lowest BCUT2D eigenvalue weighted by atomic mass is 10.3. The van der Waals surface area contributed by atoms with Gasteiger partial charge in [-0.25, -0.2) is 14.5 Å². The van der Waals surface area contributed by atoms with E-state index in [0.717, 1.165) is 6.42 Å². The molecule has 1 unspecified atom stereocenters. The van der Waals surface area contributed by atoms with Crippen LogP contribution in [0, 0.1) is 0 Å². The molecule has 6 heteroatoms. The summed E-state index contributed by atoms with van der Waals surface area (Å²) in [6.45, 7) is 1.28. The molecule has 0 aromatic carbocycles. The maximum absolute atomic E-state index is 10.9. The van der Waals surface area contributed by atoms with Crippen molar-refractivity contribution in [3.63, 3.8) is 0 Å². The van der Waals surface area contributed by atoms with Crippen molar-refractivity contribution < 1.29 is 9.47 Å². The molecule has 0 spiro atoms. The maximum Gasteiger partial charge on any atom is 0.345 e. The van der Waals surface area contributed by atoms with Gasteiger partial charge in [-0.1, -0.05) is 0 Å². The van der Waals surface area contributed by atoms with E-state index in [-0.39, 0.29) is 11.8 Å². The highest BCUT2D eigenvalue weighted by Gasteiger charge is 2.19. The predicted octanol–water partition coefficient (Wildman–Crippen LogP) is -0.724. The molecular weight excluding hydrogens is 174 g/mol. The van der Waals surface area contributed by atoms with E-state index in [0.29, 0.717) is 19.2 Å². The fraction of sp³-hybridized carbons (Fsp3) is 0.714. The zero-order valence-electron chi connectivity index (χ0n) is 7.32. The van der Waals surface area contributed by atoms with Crippen LogP contribution in [0.4, 0.5) is 0 Å². The number of aromatic amines is 1. The van der Waals surface area contributed by atoms with E-state index in [1.807, 2.05) is 0 Å². The Balaban J connectivity index is 2.08. The van der Waals surface area contributed by atoms with E-state index in [2.05, 4.69) is 10.2 Å². The number of ether oxygens (including phenoxy) is 2. The Morgan fingerprint density at radius 1 is 1.77 bits per heavy atom. The van der Waals surface area contributed by atoms with Gasteiger partial charge in [0, 0.05) is 13.5 Å². The normalized spacial score (nSPS) is 22.1. The van der Waals surface area contributed by atoms with Gasteiger partial charge in [0.05, 0.1) is 13.2 Å². The van der Waals surface area contributed by atoms with E-state index < -0.39 is 0 Å². The molecule has 1 aliphatic rings. The number of nitrogens with one attached hydrogen (secondary N) is 1. The van der Waals surface area contributed by atoms with E-state index in [1.165, 1.54) is 4.57 Å². The molecule has 0 amide bonds. The van der Waals surface area contributed by atoms with E-state index in [9.17, 15) is 4.79 Å². The van der Waals surface area contributed by atoms with Gasteiger partial charge >= 0.3 is 11.7 Å². The lowest BCUT2D eigenvalue weighted by Gasteiger charge is -2.08. The first-order valence-corrected chi connectivity index (χ1v) is 4.13. The minimum absolute atomic E-state index is 0.0221. The van der Waals surface area contributed by atoms with Crippen molar-refractivity contribution in [1.82, 2.24) is 14.8 Å². The van der Waals surface area contributed by atoms with Gasteiger partial charge in [0.15, 0.2) is 0 Å². The van der Waals surface area contributed by atoms with Crippen LogP contribution in [0.3, 0.4) is 0 Å². The van der Waals surface area contributed by atoms with Crippen molar-refractivity contribution in [1.29, 1.82) is 0 Å².